The first-order valence-corrected chi connectivity index (χ1v) is 8.15. The monoisotopic (exact) mass is 307 g/mol. The second-order valence-electron chi connectivity index (χ2n) is 6.09. The molecule has 1 unspecified atom stereocenters. The summed E-state index contributed by atoms with van der Waals surface area (Å²) in [5, 5.41) is 4.58. The number of nitrogens with zero attached hydrogens (tertiary/aromatic N) is 2. The summed E-state index contributed by atoms with van der Waals surface area (Å²) in [7, 11) is 5.91. The lowest BCUT2D eigenvalue weighted by molar-refractivity contribution is 0.356. The topological polar surface area (TPSA) is 37.4 Å². The van der Waals surface area contributed by atoms with Gasteiger partial charge in [-0.05, 0) is 44.6 Å². The number of rotatable bonds is 7. The van der Waals surface area contributed by atoms with Gasteiger partial charge in [-0.25, -0.2) is 4.98 Å². The van der Waals surface area contributed by atoms with Crippen LogP contribution < -0.4 is 10.1 Å². The Labute approximate surface area is 131 Å². The zero-order valence-electron chi connectivity index (χ0n) is 13.5. The molecule has 0 saturated carbocycles. The maximum absolute atomic E-state index is 5.27. The van der Waals surface area contributed by atoms with E-state index < -0.39 is 0 Å². The second kappa shape index (κ2) is 7.09. The fourth-order valence-electron chi connectivity index (χ4n) is 2.46. The summed E-state index contributed by atoms with van der Waals surface area (Å²) in [5.74, 6) is 1.54. The maximum Gasteiger partial charge on any atom is 0.184 e. The molecule has 0 aliphatic carbocycles. The first-order valence-electron chi connectivity index (χ1n) is 7.33. The van der Waals surface area contributed by atoms with E-state index in [1.807, 2.05) is 18.2 Å². The van der Waals surface area contributed by atoms with Gasteiger partial charge < -0.3 is 15.0 Å². The summed E-state index contributed by atoms with van der Waals surface area (Å²) in [5.41, 5.74) is 1.02. The summed E-state index contributed by atoms with van der Waals surface area (Å²) in [6.45, 7) is 5.53. The van der Waals surface area contributed by atoms with Gasteiger partial charge in [-0.15, -0.1) is 0 Å². The molecule has 1 aromatic heterocycles. The molecule has 2 rings (SSSR count). The SMILES string of the molecule is COc1ccc2nc(NC(CC(C)C)CN(C)C)sc2c1. The maximum atomic E-state index is 5.27. The average molecular weight is 307 g/mol. The van der Waals surface area contributed by atoms with Crippen LogP contribution >= 0.6 is 11.3 Å². The van der Waals surface area contributed by atoms with Crippen LogP contribution in [0.25, 0.3) is 10.2 Å². The summed E-state index contributed by atoms with van der Waals surface area (Å²) >= 11 is 1.69. The van der Waals surface area contributed by atoms with Gasteiger partial charge in [-0.2, -0.15) is 0 Å². The third-order valence-electron chi connectivity index (χ3n) is 3.26. The van der Waals surface area contributed by atoms with Crippen LogP contribution in [0.15, 0.2) is 18.2 Å². The van der Waals surface area contributed by atoms with E-state index in [0.717, 1.165) is 34.1 Å². The molecule has 1 heterocycles. The number of hydrogen-bond donors (Lipinski definition) is 1. The van der Waals surface area contributed by atoms with Crippen LogP contribution in [0.2, 0.25) is 0 Å². The number of likely N-dealkylation sites (N-methyl/N-ethyl adjacent to an activating group) is 1. The van der Waals surface area contributed by atoms with E-state index >= 15 is 0 Å². The number of nitrogens with one attached hydrogen (secondary N) is 1. The molecule has 2 aromatic rings. The standard InChI is InChI=1S/C16H25N3OS/c1-11(2)8-12(10-19(3)4)17-16-18-14-7-6-13(20-5)9-15(14)21-16/h6-7,9,11-12H,8,10H2,1-5H3,(H,17,18). The Hall–Kier alpha value is -1.33. The summed E-state index contributed by atoms with van der Waals surface area (Å²) in [6.07, 6.45) is 1.14. The Bertz CT molecular complexity index is 570. The third kappa shape index (κ3) is 4.58. The number of thiazole rings is 1. The molecule has 1 N–H and O–H groups in total. The Morgan fingerprint density at radius 2 is 2.10 bits per heavy atom. The van der Waals surface area contributed by atoms with Gasteiger partial charge in [-0.3, -0.25) is 0 Å². The molecule has 0 bridgehead atoms. The lowest BCUT2D eigenvalue weighted by Gasteiger charge is -2.23. The Kier molecular flexibility index (Phi) is 5.42. The molecular weight excluding hydrogens is 282 g/mol. The minimum Gasteiger partial charge on any atom is -0.497 e. The van der Waals surface area contributed by atoms with Gasteiger partial charge in [-0.1, -0.05) is 25.2 Å². The van der Waals surface area contributed by atoms with Gasteiger partial charge in [0.2, 0.25) is 0 Å². The van der Waals surface area contributed by atoms with Crippen LogP contribution in [-0.4, -0.2) is 43.7 Å². The van der Waals surface area contributed by atoms with E-state index in [0.29, 0.717) is 12.0 Å². The van der Waals surface area contributed by atoms with E-state index in [-0.39, 0.29) is 0 Å². The number of hydrogen-bond acceptors (Lipinski definition) is 5. The van der Waals surface area contributed by atoms with Crippen LogP contribution in [0.5, 0.6) is 5.75 Å². The highest BCUT2D eigenvalue weighted by Gasteiger charge is 2.14. The highest BCUT2D eigenvalue weighted by molar-refractivity contribution is 7.22. The molecular formula is C16H25N3OS. The molecule has 4 nitrogen and oxygen atoms in total. The smallest absolute Gasteiger partial charge is 0.184 e. The quantitative estimate of drug-likeness (QED) is 0.846. The molecule has 1 atom stereocenters. The van der Waals surface area contributed by atoms with E-state index in [1.165, 1.54) is 0 Å². The number of aromatic nitrogens is 1. The summed E-state index contributed by atoms with van der Waals surface area (Å²) < 4.78 is 6.43. The predicted octanol–water partition coefficient (Wildman–Crippen LogP) is 3.69. The first-order chi connectivity index (χ1) is 9.97. The molecule has 0 saturated heterocycles. The molecule has 116 valence electrons. The zero-order chi connectivity index (χ0) is 15.4. The minimum absolute atomic E-state index is 0.419. The molecule has 1 aromatic carbocycles. The molecule has 0 aliphatic heterocycles. The third-order valence-corrected chi connectivity index (χ3v) is 4.21. The van der Waals surface area contributed by atoms with Crippen LogP contribution in [0, 0.1) is 5.92 Å². The van der Waals surface area contributed by atoms with Crippen molar-refractivity contribution >= 4 is 26.7 Å². The highest BCUT2D eigenvalue weighted by atomic mass is 32.1. The van der Waals surface area contributed by atoms with Crippen molar-refractivity contribution in [3.8, 4) is 5.75 Å². The van der Waals surface area contributed by atoms with Gasteiger partial charge in [0.15, 0.2) is 5.13 Å². The minimum atomic E-state index is 0.419. The van der Waals surface area contributed by atoms with Crippen LogP contribution in [0.4, 0.5) is 5.13 Å². The van der Waals surface area contributed by atoms with Gasteiger partial charge in [0.1, 0.15) is 5.75 Å². The van der Waals surface area contributed by atoms with E-state index in [1.54, 1.807) is 18.4 Å². The van der Waals surface area contributed by atoms with Crippen LogP contribution in [0.3, 0.4) is 0 Å². The number of fused-ring (bicyclic) bond motifs is 1. The Morgan fingerprint density at radius 1 is 1.33 bits per heavy atom. The Balaban J connectivity index is 2.15. The predicted molar refractivity (Wildman–Crippen MR) is 91.6 cm³/mol. The molecule has 0 radical (unpaired) electrons. The second-order valence-corrected chi connectivity index (χ2v) is 7.12. The summed E-state index contributed by atoms with van der Waals surface area (Å²) in [4.78, 5) is 6.89. The average Bonchev–Trinajstić information content (AvgIpc) is 2.77. The van der Waals surface area contributed by atoms with Crippen molar-refractivity contribution in [3.63, 3.8) is 0 Å². The normalized spacial score (nSPS) is 13.1. The van der Waals surface area contributed by atoms with Gasteiger partial charge >= 0.3 is 0 Å². The first kappa shape index (κ1) is 16.0. The fourth-order valence-corrected chi connectivity index (χ4v) is 3.43. The van der Waals surface area contributed by atoms with Crippen molar-refractivity contribution in [2.75, 3.05) is 33.1 Å². The highest BCUT2D eigenvalue weighted by Crippen LogP contribution is 2.30. The number of anilines is 1. The number of ether oxygens (including phenoxy) is 1. The van der Waals surface area contributed by atoms with E-state index in [4.69, 9.17) is 4.74 Å². The van der Waals surface area contributed by atoms with Gasteiger partial charge in [0.25, 0.3) is 0 Å². The molecule has 0 aliphatic rings. The zero-order valence-corrected chi connectivity index (χ0v) is 14.3. The van der Waals surface area contributed by atoms with Crippen molar-refractivity contribution in [1.29, 1.82) is 0 Å². The Morgan fingerprint density at radius 3 is 2.71 bits per heavy atom. The molecule has 21 heavy (non-hydrogen) atoms. The van der Waals surface area contributed by atoms with Crippen LogP contribution in [0.1, 0.15) is 20.3 Å². The lowest BCUT2D eigenvalue weighted by atomic mass is 10.0. The molecule has 0 fully saturated rings. The van der Waals surface area contributed by atoms with E-state index in [9.17, 15) is 0 Å². The fraction of sp³-hybridized carbons (Fsp3) is 0.562. The van der Waals surface area contributed by atoms with Crippen molar-refractivity contribution < 1.29 is 4.74 Å². The van der Waals surface area contributed by atoms with Crippen molar-refractivity contribution in [2.24, 2.45) is 5.92 Å². The number of benzene rings is 1. The van der Waals surface area contributed by atoms with Crippen molar-refractivity contribution in [2.45, 2.75) is 26.3 Å². The summed E-state index contributed by atoms with van der Waals surface area (Å²) in [6, 6.07) is 6.43. The largest absolute Gasteiger partial charge is 0.497 e. The molecule has 0 spiro atoms. The van der Waals surface area contributed by atoms with Crippen molar-refractivity contribution in [3.05, 3.63) is 18.2 Å². The lowest BCUT2D eigenvalue weighted by Crippen LogP contribution is -2.33. The van der Waals surface area contributed by atoms with Crippen LogP contribution in [-0.2, 0) is 0 Å². The van der Waals surface area contributed by atoms with E-state index in [2.05, 4.69) is 43.1 Å². The van der Waals surface area contributed by atoms with Crippen molar-refractivity contribution in [1.82, 2.24) is 9.88 Å². The molecule has 5 heteroatoms. The van der Waals surface area contributed by atoms with Gasteiger partial charge in [0.05, 0.1) is 17.3 Å². The number of methoxy groups -OCH3 is 1. The van der Waals surface area contributed by atoms with Gasteiger partial charge in [0, 0.05) is 12.6 Å². The molecule has 0 amide bonds.